The van der Waals surface area contributed by atoms with Gasteiger partial charge in [-0.3, -0.25) is 4.79 Å². The highest BCUT2D eigenvalue weighted by Gasteiger charge is 2.52. The number of nitrogens with one attached hydrogen (secondary N) is 1. The molecule has 2 aliphatic heterocycles. The van der Waals surface area contributed by atoms with E-state index in [1.165, 1.54) is 0 Å². The molecule has 2 amide bonds. The van der Waals surface area contributed by atoms with Crippen molar-refractivity contribution in [1.82, 2.24) is 10.2 Å². The maximum Gasteiger partial charge on any atom is 0.496 e. The summed E-state index contributed by atoms with van der Waals surface area (Å²) in [5.74, 6) is -0.129. The Morgan fingerprint density at radius 1 is 1.19 bits per heavy atom. The van der Waals surface area contributed by atoms with Crippen LogP contribution in [-0.4, -0.2) is 60.0 Å². The smallest absolute Gasteiger partial charge is 0.444 e. The van der Waals surface area contributed by atoms with Crippen molar-refractivity contribution in [3.8, 4) is 0 Å². The molecule has 2 fully saturated rings. The molecule has 0 aromatic heterocycles. The van der Waals surface area contributed by atoms with Crippen molar-refractivity contribution < 1.29 is 23.6 Å². The van der Waals surface area contributed by atoms with Crippen LogP contribution in [0.3, 0.4) is 0 Å². The molecular formula is C22H32BClN2O5. The van der Waals surface area contributed by atoms with Crippen LogP contribution in [0.1, 0.15) is 65.2 Å². The average molecular weight is 451 g/mol. The van der Waals surface area contributed by atoms with Gasteiger partial charge >= 0.3 is 13.2 Å². The number of hydrogen-bond acceptors (Lipinski definition) is 5. The van der Waals surface area contributed by atoms with E-state index < -0.39 is 30.0 Å². The van der Waals surface area contributed by atoms with Crippen LogP contribution in [0.5, 0.6) is 0 Å². The molecule has 2 saturated heterocycles. The number of halogens is 1. The van der Waals surface area contributed by atoms with Crippen LogP contribution in [0.4, 0.5) is 4.79 Å². The Morgan fingerprint density at radius 3 is 2.35 bits per heavy atom. The molecule has 7 nitrogen and oxygen atoms in total. The first-order chi connectivity index (χ1) is 14.2. The SMILES string of the molecule is CC(C)(C)OC(=O)N[C@H]1CCN(C(=O)c2ccc(B3OC(C)(C)C(C)(C)O3)c(Cl)c2)C1. The zero-order chi connectivity index (χ0) is 23.2. The Balaban J connectivity index is 1.63. The van der Waals surface area contributed by atoms with Gasteiger partial charge in [-0.2, -0.15) is 0 Å². The number of rotatable bonds is 3. The summed E-state index contributed by atoms with van der Waals surface area (Å²) in [4.78, 5) is 26.7. The lowest BCUT2D eigenvalue weighted by Gasteiger charge is -2.32. The first-order valence-corrected chi connectivity index (χ1v) is 11.0. The van der Waals surface area contributed by atoms with Gasteiger partial charge in [0.1, 0.15) is 5.60 Å². The predicted molar refractivity (Wildman–Crippen MR) is 121 cm³/mol. The van der Waals surface area contributed by atoms with Gasteiger partial charge in [0.25, 0.3) is 5.91 Å². The topological polar surface area (TPSA) is 77.1 Å². The van der Waals surface area contributed by atoms with Crippen molar-refractivity contribution in [1.29, 1.82) is 0 Å². The fourth-order valence-corrected chi connectivity index (χ4v) is 3.81. The fourth-order valence-electron chi connectivity index (χ4n) is 3.54. The second-order valence-electron chi connectivity index (χ2n) is 10.2. The van der Waals surface area contributed by atoms with E-state index in [1.807, 2.05) is 48.5 Å². The Bertz CT molecular complexity index is 852. The van der Waals surface area contributed by atoms with Crippen LogP contribution in [0.25, 0.3) is 0 Å². The Morgan fingerprint density at radius 2 is 1.81 bits per heavy atom. The first kappa shape index (κ1) is 23.9. The molecule has 9 heteroatoms. The molecule has 2 heterocycles. The molecule has 0 bridgehead atoms. The van der Waals surface area contributed by atoms with E-state index >= 15 is 0 Å². The normalized spacial score (nSPS) is 22.5. The number of likely N-dealkylation sites (tertiary alicyclic amines) is 1. The largest absolute Gasteiger partial charge is 0.496 e. The molecule has 0 spiro atoms. The summed E-state index contributed by atoms with van der Waals surface area (Å²) in [5.41, 5.74) is -0.318. The minimum atomic E-state index is -0.587. The lowest BCUT2D eigenvalue weighted by atomic mass is 9.78. The quantitative estimate of drug-likeness (QED) is 0.714. The molecule has 0 unspecified atom stereocenters. The summed E-state index contributed by atoms with van der Waals surface area (Å²) in [6.07, 6.45) is 0.201. The van der Waals surface area contributed by atoms with Crippen LogP contribution in [0, 0.1) is 0 Å². The van der Waals surface area contributed by atoms with Crippen molar-refractivity contribution in [2.45, 2.75) is 77.7 Å². The van der Waals surface area contributed by atoms with Gasteiger partial charge in [-0.05, 0) is 67.0 Å². The van der Waals surface area contributed by atoms with Gasteiger partial charge in [0.15, 0.2) is 0 Å². The summed E-state index contributed by atoms with van der Waals surface area (Å²) < 4.78 is 17.4. The highest BCUT2D eigenvalue weighted by molar-refractivity contribution is 6.65. The van der Waals surface area contributed by atoms with Gasteiger partial charge in [0.05, 0.1) is 17.2 Å². The van der Waals surface area contributed by atoms with Crippen LogP contribution in [-0.2, 0) is 14.0 Å². The van der Waals surface area contributed by atoms with E-state index in [1.54, 1.807) is 23.1 Å². The molecule has 1 aromatic carbocycles. The molecule has 31 heavy (non-hydrogen) atoms. The Kier molecular flexibility index (Phi) is 6.40. The Labute approximate surface area is 189 Å². The average Bonchev–Trinajstić information content (AvgIpc) is 3.14. The predicted octanol–water partition coefficient (Wildman–Crippen LogP) is 3.38. The molecule has 1 atom stereocenters. The van der Waals surface area contributed by atoms with Gasteiger partial charge in [0.2, 0.25) is 0 Å². The Hall–Kier alpha value is -1.77. The number of amides is 2. The number of carbonyl (C=O) groups excluding carboxylic acids is 2. The summed E-state index contributed by atoms with van der Waals surface area (Å²) in [6, 6.07) is 5.03. The molecule has 3 rings (SSSR count). The zero-order valence-electron chi connectivity index (χ0n) is 19.4. The van der Waals surface area contributed by atoms with E-state index in [4.69, 9.17) is 25.6 Å². The number of alkyl carbamates (subject to hydrolysis) is 1. The maximum absolute atomic E-state index is 13.0. The zero-order valence-corrected chi connectivity index (χ0v) is 20.1. The van der Waals surface area contributed by atoms with Gasteiger partial charge in [-0.25, -0.2) is 4.79 Å². The highest BCUT2D eigenvalue weighted by Crippen LogP contribution is 2.37. The lowest BCUT2D eigenvalue weighted by Crippen LogP contribution is -2.41. The van der Waals surface area contributed by atoms with Crippen molar-refractivity contribution in [3.05, 3.63) is 28.8 Å². The monoisotopic (exact) mass is 450 g/mol. The van der Waals surface area contributed by atoms with Crippen LogP contribution in [0.2, 0.25) is 5.02 Å². The number of carbonyl (C=O) groups is 2. The maximum atomic E-state index is 13.0. The van der Waals surface area contributed by atoms with Crippen molar-refractivity contribution in [2.24, 2.45) is 0 Å². The van der Waals surface area contributed by atoms with E-state index in [0.717, 1.165) is 0 Å². The van der Waals surface area contributed by atoms with Crippen molar-refractivity contribution in [2.75, 3.05) is 13.1 Å². The van der Waals surface area contributed by atoms with Crippen LogP contribution < -0.4 is 10.8 Å². The van der Waals surface area contributed by atoms with E-state index in [0.29, 0.717) is 35.6 Å². The van der Waals surface area contributed by atoms with Crippen LogP contribution >= 0.6 is 11.6 Å². The molecule has 0 saturated carbocycles. The summed E-state index contributed by atoms with van der Waals surface area (Å²) in [5, 5.41) is 3.25. The van der Waals surface area contributed by atoms with Crippen molar-refractivity contribution >= 4 is 36.2 Å². The standard InChI is InChI=1S/C22H32BClN2O5/c1-20(2,3)29-19(28)25-15-10-11-26(13-15)18(27)14-8-9-16(17(24)12-14)23-30-21(4,5)22(6,7)31-23/h8-9,12,15H,10-11,13H2,1-7H3,(H,25,28)/t15-/m0/s1. The number of hydrogen-bond donors (Lipinski definition) is 1. The van der Waals surface area contributed by atoms with Gasteiger partial charge in [0, 0.05) is 29.1 Å². The fraction of sp³-hybridized carbons (Fsp3) is 0.636. The van der Waals surface area contributed by atoms with Crippen LogP contribution in [0.15, 0.2) is 18.2 Å². The third kappa shape index (κ3) is 5.36. The van der Waals surface area contributed by atoms with Gasteiger partial charge in [-0.1, -0.05) is 17.7 Å². The van der Waals surface area contributed by atoms with E-state index in [2.05, 4.69) is 5.32 Å². The molecule has 170 valence electrons. The summed E-state index contributed by atoms with van der Waals surface area (Å²) in [7, 11) is -0.587. The molecule has 1 aromatic rings. The van der Waals surface area contributed by atoms with Crippen molar-refractivity contribution in [3.63, 3.8) is 0 Å². The minimum Gasteiger partial charge on any atom is -0.444 e. The molecular weight excluding hydrogens is 419 g/mol. The molecule has 0 radical (unpaired) electrons. The molecule has 0 aliphatic carbocycles. The third-order valence-electron chi connectivity index (χ3n) is 5.95. The van der Waals surface area contributed by atoms with Gasteiger partial charge < -0.3 is 24.3 Å². The third-order valence-corrected chi connectivity index (χ3v) is 6.28. The second kappa shape index (κ2) is 8.30. The van der Waals surface area contributed by atoms with E-state index in [-0.39, 0.29) is 11.9 Å². The lowest BCUT2D eigenvalue weighted by molar-refractivity contribution is 0.00578. The molecule has 2 aliphatic rings. The highest BCUT2D eigenvalue weighted by atomic mass is 35.5. The van der Waals surface area contributed by atoms with Gasteiger partial charge in [-0.15, -0.1) is 0 Å². The minimum absolute atomic E-state index is 0.129. The number of benzene rings is 1. The number of nitrogens with zero attached hydrogens (tertiary/aromatic N) is 1. The van der Waals surface area contributed by atoms with E-state index in [9.17, 15) is 9.59 Å². The first-order valence-electron chi connectivity index (χ1n) is 10.6. The molecule has 1 N–H and O–H groups in total. The second-order valence-corrected chi connectivity index (χ2v) is 10.6. The summed E-state index contributed by atoms with van der Waals surface area (Å²) >= 11 is 6.50. The summed E-state index contributed by atoms with van der Waals surface area (Å²) in [6.45, 7) is 14.3. The number of ether oxygens (including phenoxy) is 1.